The van der Waals surface area contributed by atoms with Gasteiger partial charge in [0.1, 0.15) is 6.54 Å². The van der Waals surface area contributed by atoms with Crippen molar-refractivity contribution in [1.82, 2.24) is 0 Å². The second kappa shape index (κ2) is 7.90. The number of carbonyl (C=O) groups is 1. The van der Waals surface area contributed by atoms with Gasteiger partial charge in [0, 0.05) is 12.1 Å². The first-order chi connectivity index (χ1) is 12.2. The van der Waals surface area contributed by atoms with Gasteiger partial charge in [-0.05, 0) is 18.2 Å². The molecule has 0 fully saturated rings. The van der Waals surface area contributed by atoms with Gasteiger partial charge in [0.2, 0.25) is 0 Å². The SMILES string of the molecule is COC(=O)CN(c1cccc(Cl)c1Cl)S(=O)(=O)c1cccc([N+](=O)[O-])c1. The summed E-state index contributed by atoms with van der Waals surface area (Å²) in [7, 11) is -3.27. The Morgan fingerprint density at radius 2 is 1.88 bits per heavy atom. The van der Waals surface area contributed by atoms with Crippen LogP contribution in [0.2, 0.25) is 10.0 Å². The third kappa shape index (κ3) is 4.06. The van der Waals surface area contributed by atoms with Crippen LogP contribution in [0.3, 0.4) is 0 Å². The molecule has 0 heterocycles. The lowest BCUT2D eigenvalue weighted by Gasteiger charge is -2.24. The molecule has 2 aromatic carbocycles. The molecule has 0 aliphatic rings. The zero-order chi connectivity index (χ0) is 19.5. The topological polar surface area (TPSA) is 107 Å². The Morgan fingerprint density at radius 3 is 2.50 bits per heavy atom. The maximum absolute atomic E-state index is 13.0. The second-order valence-corrected chi connectivity index (χ2v) is 7.56. The highest BCUT2D eigenvalue weighted by molar-refractivity contribution is 7.92. The molecule has 0 unspecified atom stereocenters. The molecule has 0 aliphatic heterocycles. The minimum absolute atomic E-state index is 0.0592. The number of esters is 1. The Balaban J connectivity index is 2.64. The molecule has 0 aliphatic carbocycles. The van der Waals surface area contributed by atoms with Crippen LogP contribution in [0.25, 0.3) is 0 Å². The first-order valence-corrected chi connectivity index (χ1v) is 9.16. The van der Waals surface area contributed by atoms with Crippen molar-refractivity contribution < 1.29 is 22.9 Å². The zero-order valence-electron chi connectivity index (χ0n) is 13.3. The van der Waals surface area contributed by atoms with Crippen LogP contribution in [0.4, 0.5) is 11.4 Å². The van der Waals surface area contributed by atoms with Crippen molar-refractivity contribution in [2.45, 2.75) is 4.90 Å². The smallest absolute Gasteiger partial charge is 0.326 e. The summed E-state index contributed by atoms with van der Waals surface area (Å²) in [4.78, 5) is 21.6. The number of sulfonamides is 1. The van der Waals surface area contributed by atoms with E-state index in [0.717, 1.165) is 19.2 Å². The van der Waals surface area contributed by atoms with Crippen LogP contribution in [0.15, 0.2) is 47.4 Å². The number of anilines is 1. The monoisotopic (exact) mass is 418 g/mol. The third-order valence-corrected chi connectivity index (χ3v) is 5.88. The van der Waals surface area contributed by atoms with E-state index in [1.54, 1.807) is 0 Å². The van der Waals surface area contributed by atoms with Gasteiger partial charge in [0.05, 0.1) is 32.7 Å². The summed E-state index contributed by atoms with van der Waals surface area (Å²) in [6.45, 7) is -0.693. The normalized spacial score (nSPS) is 11.0. The van der Waals surface area contributed by atoms with Crippen LogP contribution in [0.1, 0.15) is 0 Å². The summed E-state index contributed by atoms with van der Waals surface area (Å²) in [6, 6.07) is 8.69. The van der Waals surface area contributed by atoms with E-state index in [-0.39, 0.29) is 20.6 Å². The first kappa shape index (κ1) is 20.0. The van der Waals surface area contributed by atoms with Crippen LogP contribution in [-0.4, -0.2) is 33.0 Å². The predicted octanol–water partition coefficient (Wildman–Crippen LogP) is 3.27. The fraction of sp³-hybridized carbons (Fsp3) is 0.133. The van der Waals surface area contributed by atoms with Crippen LogP contribution in [0, 0.1) is 10.1 Å². The molecule has 0 N–H and O–H groups in total. The van der Waals surface area contributed by atoms with Gasteiger partial charge in [-0.25, -0.2) is 8.42 Å². The van der Waals surface area contributed by atoms with Crippen molar-refractivity contribution in [2.24, 2.45) is 0 Å². The molecule has 0 amide bonds. The molecule has 0 aromatic heterocycles. The number of halogens is 2. The minimum atomic E-state index is -4.37. The van der Waals surface area contributed by atoms with E-state index < -0.39 is 33.1 Å². The van der Waals surface area contributed by atoms with Crippen molar-refractivity contribution in [1.29, 1.82) is 0 Å². The Kier molecular flexibility index (Phi) is 6.06. The van der Waals surface area contributed by atoms with E-state index >= 15 is 0 Å². The highest BCUT2D eigenvalue weighted by Crippen LogP contribution is 2.35. The van der Waals surface area contributed by atoms with Gasteiger partial charge in [-0.15, -0.1) is 0 Å². The molecule has 8 nitrogen and oxygen atoms in total. The van der Waals surface area contributed by atoms with Gasteiger partial charge in [-0.2, -0.15) is 0 Å². The quantitative estimate of drug-likeness (QED) is 0.404. The zero-order valence-corrected chi connectivity index (χ0v) is 15.6. The fourth-order valence-corrected chi connectivity index (χ4v) is 3.96. The number of nitrogens with zero attached hydrogens (tertiary/aromatic N) is 2. The highest BCUT2D eigenvalue weighted by Gasteiger charge is 2.30. The largest absolute Gasteiger partial charge is 0.468 e. The standard InChI is InChI=1S/C15H12Cl2N2O6S/c1-25-14(20)9-18(13-7-3-6-12(16)15(13)17)26(23,24)11-5-2-4-10(8-11)19(21)22/h2-8H,9H2,1H3. The molecular formula is C15H12Cl2N2O6S. The van der Waals surface area contributed by atoms with Gasteiger partial charge < -0.3 is 4.74 Å². The van der Waals surface area contributed by atoms with E-state index in [0.29, 0.717) is 4.31 Å². The summed E-state index contributed by atoms with van der Waals surface area (Å²) < 4.78 is 31.3. The Bertz CT molecular complexity index is 964. The number of methoxy groups -OCH3 is 1. The fourth-order valence-electron chi connectivity index (χ4n) is 2.05. The minimum Gasteiger partial charge on any atom is -0.468 e. The van der Waals surface area contributed by atoms with Crippen molar-refractivity contribution in [3.63, 3.8) is 0 Å². The number of hydrogen-bond donors (Lipinski definition) is 0. The van der Waals surface area contributed by atoms with Crippen LogP contribution in [0.5, 0.6) is 0 Å². The molecule has 2 rings (SSSR count). The van der Waals surface area contributed by atoms with E-state index in [9.17, 15) is 23.3 Å². The molecule has 138 valence electrons. The van der Waals surface area contributed by atoms with Crippen LogP contribution in [-0.2, 0) is 19.6 Å². The Morgan fingerprint density at radius 1 is 1.23 bits per heavy atom. The predicted molar refractivity (Wildman–Crippen MR) is 96.1 cm³/mol. The summed E-state index contributed by atoms with van der Waals surface area (Å²) >= 11 is 12.0. The maximum atomic E-state index is 13.0. The van der Waals surface area contributed by atoms with Gasteiger partial charge in [0.15, 0.2) is 0 Å². The lowest BCUT2D eigenvalue weighted by atomic mass is 10.3. The second-order valence-electron chi connectivity index (χ2n) is 4.92. The van der Waals surface area contributed by atoms with Crippen molar-refractivity contribution in [3.8, 4) is 0 Å². The van der Waals surface area contributed by atoms with Gasteiger partial charge >= 0.3 is 5.97 Å². The van der Waals surface area contributed by atoms with Crippen LogP contribution < -0.4 is 4.31 Å². The molecule has 0 atom stereocenters. The number of carbonyl (C=O) groups excluding carboxylic acids is 1. The number of nitro benzene ring substituents is 1. The molecule has 0 spiro atoms. The number of hydrogen-bond acceptors (Lipinski definition) is 6. The van der Waals surface area contributed by atoms with Crippen molar-refractivity contribution in [2.75, 3.05) is 18.0 Å². The van der Waals surface area contributed by atoms with Gasteiger partial charge in [-0.1, -0.05) is 35.3 Å². The van der Waals surface area contributed by atoms with E-state index in [2.05, 4.69) is 4.74 Å². The molecular weight excluding hydrogens is 407 g/mol. The van der Waals surface area contributed by atoms with Gasteiger partial charge in [0.25, 0.3) is 15.7 Å². The number of rotatable bonds is 6. The molecule has 26 heavy (non-hydrogen) atoms. The first-order valence-electron chi connectivity index (χ1n) is 6.96. The molecule has 0 bridgehead atoms. The van der Waals surface area contributed by atoms with E-state index in [4.69, 9.17) is 23.2 Å². The molecule has 0 saturated heterocycles. The summed E-state index contributed by atoms with van der Waals surface area (Å²) in [6.07, 6.45) is 0. The van der Waals surface area contributed by atoms with E-state index in [1.165, 1.54) is 30.3 Å². The number of non-ortho nitro benzene ring substituents is 1. The highest BCUT2D eigenvalue weighted by atomic mass is 35.5. The summed E-state index contributed by atoms with van der Waals surface area (Å²) in [5.74, 6) is -0.852. The average molecular weight is 419 g/mol. The number of benzene rings is 2. The maximum Gasteiger partial charge on any atom is 0.326 e. The van der Waals surface area contributed by atoms with E-state index in [1.807, 2.05) is 0 Å². The lowest BCUT2D eigenvalue weighted by molar-refractivity contribution is -0.385. The molecule has 11 heteroatoms. The summed E-state index contributed by atoms with van der Waals surface area (Å²) in [5.41, 5.74) is -0.475. The van der Waals surface area contributed by atoms with Crippen molar-refractivity contribution in [3.05, 3.63) is 62.6 Å². The Labute approximate surface area is 159 Å². The van der Waals surface area contributed by atoms with Crippen LogP contribution >= 0.6 is 23.2 Å². The Hall–Kier alpha value is -2.36. The third-order valence-electron chi connectivity index (χ3n) is 3.32. The summed E-state index contributed by atoms with van der Waals surface area (Å²) in [5, 5.41) is 10.9. The molecule has 0 saturated carbocycles. The number of nitro groups is 1. The average Bonchev–Trinajstić information content (AvgIpc) is 2.62. The van der Waals surface area contributed by atoms with Crippen molar-refractivity contribution >= 4 is 50.6 Å². The number of ether oxygens (including phenoxy) is 1. The van der Waals surface area contributed by atoms with Gasteiger partial charge in [-0.3, -0.25) is 19.2 Å². The molecule has 2 aromatic rings. The lowest BCUT2D eigenvalue weighted by Crippen LogP contribution is -2.36. The molecule has 0 radical (unpaired) electrons.